The summed E-state index contributed by atoms with van der Waals surface area (Å²) in [5.41, 5.74) is 5.63. The number of sulfonamides is 1. The topological polar surface area (TPSA) is 204 Å². The van der Waals surface area contributed by atoms with Gasteiger partial charge in [-0.05, 0) is 48.1 Å². The zero-order chi connectivity index (χ0) is 33.0. The van der Waals surface area contributed by atoms with E-state index in [1.807, 2.05) is 19.1 Å². The fraction of sp³-hybridized carbons (Fsp3) is 0.500. The molecule has 0 bridgehead atoms. The van der Waals surface area contributed by atoms with E-state index in [0.717, 1.165) is 31.8 Å². The largest absolute Gasteiger partial charge is 0.462 e. The van der Waals surface area contributed by atoms with Crippen molar-refractivity contribution in [2.45, 2.75) is 50.0 Å². The summed E-state index contributed by atoms with van der Waals surface area (Å²) in [6.45, 7) is 3.50. The highest BCUT2D eigenvalue weighted by molar-refractivity contribution is 7.89. The maximum absolute atomic E-state index is 13.9. The number of unbranched alkanes of at least 4 members (excludes halogenated alkanes) is 1. The third-order valence-corrected chi connectivity index (χ3v) is 9.06. The average Bonchev–Trinajstić information content (AvgIpc) is 3.03. The summed E-state index contributed by atoms with van der Waals surface area (Å²) in [6.07, 6.45) is 2.48. The lowest BCUT2D eigenvalue weighted by Gasteiger charge is -2.33. The first-order valence-corrected chi connectivity index (χ1v) is 16.4. The summed E-state index contributed by atoms with van der Waals surface area (Å²) < 4.78 is 34.0. The lowest BCUT2D eigenvalue weighted by molar-refractivity contribution is -0.152. The highest BCUT2D eigenvalue weighted by Gasteiger charge is 2.32. The Morgan fingerprint density at radius 2 is 1.84 bits per heavy atom. The Kier molecular flexibility index (Phi) is 13.1. The molecule has 3 rings (SSSR count). The Labute approximate surface area is 263 Å². The van der Waals surface area contributed by atoms with Gasteiger partial charge >= 0.3 is 11.9 Å². The van der Waals surface area contributed by atoms with Crippen molar-refractivity contribution >= 4 is 50.4 Å². The van der Waals surface area contributed by atoms with Crippen LogP contribution in [0.15, 0.2) is 47.4 Å². The van der Waals surface area contributed by atoms with Crippen LogP contribution in [0, 0.1) is 11.3 Å². The van der Waals surface area contributed by atoms with Gasteiger partial charge < -0.3 is 30.9 Å². The van der Waals surface area contributed by atoms with Crippen LogP contribution in [0.4, 0.5) is 0 Å². The number of likely N-dealkylation sites (tertiary alicyclic amines) is 1. The molecule has 0 radical (unpaired) electrons. The second kappa shape index (κ2) is 16.7. The number of carbonyl (C=O) groups excluding carboxylic acids is 4. The third-order valence-electron chi connectivity index (χ3n) is 7.60. The minimum atomic E-state index is -4.25. The maximum atomic E-state index is 13.9. The number of guanidine groups is 1. The Balaban J connectivity index is 1.80. The fourth-order valence-electron chi connectivity index (χ4n) is 5.11. The molecule has 1 saturated heterocycles. The van der Waals surface area contributed by atoms with Crippen LogP contribution in [-0.4, -0.2) is 100 Å². The highest BCUT2D eigenvalue weighted by Crippen LogP contribution is 2.20. The summed E-state index contributed by atoms with van der Waals surface area (Å²) in [6, 6.07) is 10.4. The number of piperidine rings is 1. The quantitative estimate of drug-likeness (QED) is 0.0839. The number of hydrogen-bond acceptors (Lipinski definition) is 8. The molecule has 0 spiro atoms. The number of esters is 1. The van der Waals surface area contributed by atoms with E-state index in [-0.39, 0.29) is 43.0 Å². The van der Waals surface area contributed by atoms with Crippen LogP contribution < -0.4 is 21.1 Å². The van der Waals surface area contributed by atoms with Crippen LogP contribution in [-0.2, 0) is 33.9 Å². The standard InChI is InChI=1S/C30H43N7O7S/c1-3-4-14-36(16-13-33-27(39)29(41)44-2)28(40)25(18-26(38)34-19-21-8-7-15-37(20-21)30(31)32)35-45(42,43)24-12-11-22-9-5-6-10-23(22)17-24/h5-6,9-12,17,21,25,35H,3-4,7-8,13-16,18-20H2,1-2H3,(H3,31,32)(H,33,39)(H,34,38)/t21-,25-/m0/s1. The first-order valence-electron chi connectivity index (χ1n) is 15.0. The van der Waals surface area contributed by atoms with E-state index in [1.54, 1.807) is 23.1 Å². The van der Waals surface area contributed by atoms with E-state index in [9.17, 15) is 27.6 Å². The van der Waals surface area contributed by atoms with Gasteiger partial charge in [0.1, 0.15) is 6.04 Å². The van der Waals surface area contributed by atoms with Crippen molar-refractivity contribution in [1.29, 1.82) is 5.41 Å². The number of nitrogens with one attached hydrogen (secondary N) is 4. The number of nitrogens with zero attached hydrogens (tertiary/aromatic N) is 2. The number of nitrogens with two attached hydrogens (primary N) is 1. The molecule has 0 aromatic heterocycles. The van der Waals surface area contributed by atoms with Crippen LogP contribution in [0.1, 0.15) is 39.0 Å². The number of amides is 3. The minimum Gasteiger partial charge on any atom is -0.462 e. The van der Waals surface area contributed by atoms with Gasteiger partial charge in [-0.1, -0.05) is 43.7 Å². The fourth-order valence-corrected chi connectivity index (χ4v) is 6.33. The number of benzene rings is 2. The van der Waals surface area contributed by atoms with Crippen LogP contribution in [0.25, 0.3) is 10.8 Å². The molecule has 3 amide bonds. The van der Waals surface area contributed by atoms with Gasteiger partial charge in [-0.15, -0.1) is 0 Å². The van der Waals surface area contributed by atoms with Crippen molar-refractivity contribution in [3.05, 3.63) is 42.5 Å². The van der Waals surface area contributed by atoms with E-state index >= 15 is 0 Å². The second-order valence-corrected chi connectivity index (χ2v) is 12.7. The molecule has 1 aliphatic rings. The molecule has 2 aromatic carbocycles. The lowest BCUT2D eigenvalue weighted by Crippen LogP contribution is -2.52. The van der Waals surface area contributed by atoms with Crippen molar-refractivity contribution in [2.75, 3.05) is 46.4 Å². The first kappa shape index (κ1) is 35.2. The number of fused-ring (bicyclic) bond motifs is 1. The van der Waals surface area contributed by atoms with Crippen molar-refractivity contribution in [3.63, 3.8) is 0 Å². The maximum Gasteiger partial charge on any atom is 0.396 e. The molecule has 45 heavy (non-hydrogen) atoms. The van der Waals surface area contributed by atoms with Gasteiger partial charge in [0.15, 0.2) is 5.96 Å². The van der Waals surface area contributed by atoms with E-state index in [0.29, 0.717) is 24.9 Å². The predicted octanol–water partition coefficient (Wildman–Crippen LogP) is 0.516. The Morgan fingerprint density at radius 1 is 1.11 bits per heavy atom. The van der Waals surface area contributed by atoms with E-state index in [4.69, 9.17) is 11.1 Å². The minimum absolute atomic E-state index is 0.0274. The van der Waals surface area contributed by atoms with Crippen molar-refractivity contribution in [2.24, 2.45) is 11.7 Å². The molecule has 2 atom stereocenters. The molecule has 0 unspecified atom stereocenters. The molecule has 1 fully saturated rings. The van der Waals surface area contributed by atoms with E-state index in [2.05, 4.69) is 20.1 Å². The predicted molar refractivity (Wildman–Crippen MR) is 168 cm³/mol. The molecule has 0 saturated carbocycles. The smallest absolute Gasteiger partial charge is 0.396 e. The Hall–Kier alpha value is -4.24. The molecular formula is C30H43N7O7S. The number of rotatable bonds is 14. The first-order chi connectivity index (χ1) is 21.4. The Morgan fingerprint density at radius 3 is 2.53 bits per heavy atom. The van der Waals surface area contributed by atoms with E-state index < -0.39 is 46.2 Å². The summed E-state index contributed by atoms with van der Waals surface area (Å²) >= 11 is 0. The second-order valence-electron chi connectivity index (χ2n) is 11.0. The highest BCUT2D eigenvalue weighted by atomic mass is 32.2. The zero-order valence-corrected chi connectivity index (χ0v) is 26.5. The SMILES string of the molecule is CCCCN(CCNC(=O)C(=O)OC)C(=O)[C@H](CC(=O)NC[C@@H]1CCCN(C(=N)N)C1)NS(=O)(=O)c1ccc2ccccc2c1. The number of ether oxygens (including phenoxy) is 1. The third kappa shape index (κ3) is 10.4. The van der Waals surface area contributed by atoms with Crippen LogP contribution in [0.5, 0.6) is 0 Å². The van der Waals surface area contributed by atoms with Gasteiger partial charge in [0.25, 0.3) is 0 Å². The molecule has 1 aliphatic heterocycles. The average molecular weight is 646 g/mol. The van der Waals surface area contributed by atoms with Gasteiger partial charge in [-0.2, -0.15) is 4.72 Å². The summed E-state index contributed by atoms with van der Waals surface area (Å²) in [7, 11) is -3.18. The normalized spacial score (nSPS) is 15.6. The van der Waals surface area contributed by atoms with Gasteiger partial charge in [-0.25, -0.2) is 13.2 Å². The molecule has 1 heterocycles. The number of hydrogen-bond donors (Lipinski definition) is 5. The Bertz CT molecular complexity index is 1480. The van der Waals surface area contributed by atoms with Crippen LogP contribution in [0.2, 0.25) is 0 Å². The summed E-state index contributed by atoms with van der Waals surface area (Å²) in [5, 5.41) is 14.4. The number of carbonyl (C=O) groups is 4. The number of methoxy groups -OCH3 is 1. The van der Waals surface area contributed by atoms with Gasteiger partial charge in [0.2, 0.25) is 21.8 Å². The summed E-state index contributed by atoms with van der Waals surface area (Å²) in [5.74, 6) is -3.22. The van der Waals surface area contributed by atoms with E-state index in [1.165, 1.54) is 17.0 Å². The van der Waals surface area contributed by atoms with Gasteiger partial charge in [0, 0.05) is 39.3 Å². The van der Waals surface area contributed by atoms with Crippen molar-refractivity contribution < 1.29 is 32.3 Å². The molecule has 2 aromatic rings. The molecule has 246 valence electrons. The molecule has 6 N–H and O–H groups in total. The van der Waals surface area contributed by atoms with Crippen molar-refractivity contribution in [1.82, 2.24) is 25.2 Å². The van der Waals surface area contributed by atoms with Crippen molar-refractivity contribution in [3.8, 4) is 0 Å². The molecular weight excluding hydrogens is 602 g/mol. The molecule has 14 nitrogen and oxygen atoms in total. The van der Waals surface area contributed by atoms with Gasteiger partial charge in [0.05, 0.1) is 18.4 Å². The molecule has 15 heteroatoms. The zero-order valence-electron chi connectivity index (χ0n) is 25.7. The molecule has 0 aliphatic carbocycles. The lowest BCUT2D eigenvalue weighted by atomic mass is 9.98. The van der Waals surface area contributed by atoms with Gasteiger partial charge in [-0.3, -0.25) is 19.8 Å². The van der Waals surface area contributed by atoms with Crippen LogP contribution >= 0.6 is 0 Å². The van der Waals surface area contributed by atoms with Crippen LogP contribution in [0.3, 0.4) is 0 Å². The summed E-state index contributed by atoms with van der Waals surface area (Å²) in [4.78, 5) is 53.4. The monoisotopic (exact) mass is 645 g/mol.